The molecule has 2 rings (SSSR count). The smallest absolute Gasteiger partial charge is 0.352 e. The van der Waals surface area contributed by atoms with E-state index in [1.807, 2.05) is 0 Å². The summed E-state index contributed by atoms with van der Waals surface area (Å²) in [7, 11) is 0. The first kappa shape index (κ1) is 9.27. The molecule has 76 valence electrons. The summed E-state index contributed by atoms with van der Waals surface area (Å²) < 4.78 is 7.18. The van der Waals surface area contributed by atoms with Gasteiger partial charge in [-0.2, -0.15) is 0 Å². The van der Waals surface area contributed by atoms with Gasteiger partial charge in [0.25, 0.3) is 0 Å². The van der Waals surface area contributed by atoms with E-state index >= 15 is 0 Å². The van der Waals surface area contributed by atoms with Crippen molar-refractivity contribution in [3.8, 4) is 0 Å². The van der Waals surface area contributed by atoms with Crippen LogP contribution in [0.15, 0.2) is 18.3 Å². The van der Waals surface area contributed by atoms with Gasteiger partial charge in [-0.15, -0.1) is 0 Å². The van der Waals surface area contributed by atoms with Crippen molar-refractivity contribution >= 4 is 5.97 Å². The molecule has 4 heteroatoms. The number of carbonyl (C=O) groups is 1. The van der Waals surface area contributed by atoms with E-state index < -0.39 is 5.97 Å². The molecule has 1 saturated heterocycles. The number of carboxylic acids is 1. The minimum atomic E-state index is -0.881. The van der Waals surface area contributed by atoms with Crippen molar-refractivity contribution in [1.29, 1.82) is 0 Å². The monoisotopic (exact) mass is 195 g/mol. The minimum Gasteiger partial charge on any atom is -0.477 e. The Hall–Kier alpha value is -1.29. The normalized spacial score (nSPS) is 21.3. The number of hydrogen-bond acceptors (Lipinski definition) is 2. The van der Waals surface area contributed by atoms with Crippen LogP contribution in [0.1, 0.15) is 23.3 Å². The number of hydrogen-bond donors (Lipinski definition) is 1. The Kier molecular flexibility index (Phi) is 2.54. The van der Waals surface area contributed by atoms with Crippen LogP contribution in [0, 0.1) is 0 Å². The average Bonchev–Trinajstić information content (AvgIpc) is 2.75. The molecule has 1 aliphatic rings. The standard InChI is InChI=1S/C10H13NO3/c12-10(13)9-4-1-5-11(9)7-8-3-2-6-14-8/h1,4-5,8H,2-3,6-7H2,(H,12,13)/t8-/m1/s1. The largest absolute Gasteiger partial charge is 0.477 e. The summed E-state index contributed by atoms with van der Waals surface area (Å²) >= 11 is 0. The van der Waals surface area contributed by atoms with Gasteiger partial charge in [0.05, 0.1) is 6.10 Å². The van der Waals surface area contributed by atoms with E-state index in [0.717, 1.165) is 19.4 Å². The molecule has 4 nitrogen and oxygen atoms in total. The van der Waals surface area contributed by atoms with Gasteiger partial charge in [0.1, 0.15) is 5.69 Å². The number of rotatable bonds is 3. The molecule has 0 saturated carbocycles. The molecule has 0 aromatic carbocycles. The van der Waals surface area contributed by atoms with Gasteiger partial charge in [0, 0.05) is 19.3 Å². The first-order valence-electron chi connectivity index (χ1n) is 4.77. The van der Waals surface area contributed by atoms with Crippen molar-refractivity contribution in [2.24, 2.45) is 0 Å². The molecule has 1 atom stereocenters. The summed E-state index contributed by atoms with van der Waals surface area (Å²) in [4.78, 5) is 10.8. The van der Waals surface area contributed by atoms with Crippen LogP contribution in [0.5, 0.6) is 0 Å². The highest BCUT2D eigenvalue weighted by Gasteiger charge is 2.18. The van der Waals surface area contributed by atoms with Crippen molar-refractivity contribution in [2.45, 2.75) is 25.5 Å². The van der Waals surface area contributed by atoms with Crippen molar-refractivity contribution in [3.05, 3.63) is 24.0 Å². The lowest BCUT2D eigenvalue weighted by Gasteiger charge is -2.11. The maximum absolute atomic E-state index is 10.8. The number of aromatic nitrogens is 1. The van der Waals surface area contributed by atoms with Crippen LogP contribution in [0.2, 0.25) is 0 Å². The summed E-state index contributed by atoms with van der Waals surface area (Å²) in [5, 5.41) is 8.87. The van der Waals surface area contributed by atoms with Crippen LogP contribution in [0.3, 0.4) is 0 Å². The highest BCUT2D eigenvalue weighted by Crippen LogP contribution is 2.15. The van der Waals surface area contributed by atoms with Crippen molar-refractivity contribution in [1.82, 2.24) is 4.57 Å². The summed E-state index contributed by atoms with van der Waals surface area (Å²) in [5.74, 6) is -0.881. The maximum atomic E-state index is 10.8. The molecule has 1 aliphatic heterocycles. The molecule has 0 unspecified atom stereocenters. The number of nitrogens with zero attached hydrogens (tertiary/aromatic N) is 1. The second-order valence-electron chi connectivity index (χ2n) is 3.49. The van der Waals surface area contributed by atoms with E-state index in [9.17, 15) is 4.79 Å². The first-order valence-corrected chi connectivity index (χ1v) is 4.77. The van der Waals surface area contributed by atoms with E-state index in [4.69, 9.17) is 9.84 Å². The highest BCUT2D eigenvalue weighted by molar-refractivity contribution is 5.85. The summed E-state index contributed by atoms with van der Waals surface area (Å²) in [6, 6.07) is 3.36. The second kappa shape index (κ2) is 3.84. The summed E-state index contributed by atoms with van der Waals surface area (Å²) in [5.41, 5.74) is 0.334. The summed E-state index contributed by atoms with van der Waals surface area (Å²) in [6.07, 6.45) is 4.07. The molecule has 0 aliphatic carbocycles. The third kappa shape index (κ3) is 1.80. The zero-order valence-electron chi connectivity index (χ0n) is 7.85. The maximum Gasteiger partial charge on any atom is 0.352 e. The Morgan fingerprint density at radius 2 is 2.57 bits per heavy atom. The van der Waals surface area contributed by atoms with E-state index in [1.165, 1.54) is 0 Å². The Balaban J connectivity index is 2.07. The van der Waals surface area contributed by atoms with Gasteiger partial charge in [-0.1, -0.05) is 0 Å². The van der Waals surface area contributed by atoms with Crippen LogP contribution in [0.25, 0.3) is 0 Å². The third-order valence-corrected chi connectivity index (χ3v) is 2.47. The summed E-state index contributed by atoms with van der Waals surface area (Å²) in [6.45, 7) is 1.45. The zero-order valence-corrected chi connectivity index (χ0v) is 7.85. The fourth-order valence-electron chi connectivity index (χ4n) is 1.78. The second-order valence-corrected chi connectivity index (χ2v) is 3.49. The van der Waals surface area contributed by atoms with Gasteiger partial charge in [0.2, 0.25) is 0 Å². The third-order valence-electron chi connectivity index (χ3n) is 2.47. The van der Waals surface area contributed by atoms with E-state index in [-0.39, 0.29) is 6.10 Å². The van der Waals surface area contributed by atoms with Crippen LogP contribution < -0.4 is 0 Å². The molecular weight excluding hydrogens is 182 g/mol. The topological polar surface area (TPSA) is 51.5 Å². The quantitative estimate of drug-likeness (QED) is 0.792. The van der Waals surface area contributed by atoms with E-state index in [0.29, 0.717) is 12.2 Å². The predicted molar refractivity (Wildman–Crippen MR) is 50.4 cm³/mol. The minimum absolute atomic E-state index is 0.181. The van der Waals surface area contributed by atoms with Gasteiger partial charge in [0.15, 0.2) is 0 Å². The number of ether oxygens (including phenoxy) is 1. The molecule has 1 aromatic rings. The molecule has 2 heterocycles. The van der Waals surface area contributed by atoms with Crippen LogP contribution >= 0.6 is 0 Å². The molecule has 0 amide bonds. The Bertz CT molecular complexity index is 326. The molecule has 1 fully saturated rings. The Morgan fingerprint density at radius 3 is 3.21 bits per heavy atom. The van der Waals surface area contributed by atoms with Crippen molar-refractivity contribution in [2.75, 3.05) is 6.61 Å². The molecule has 1 aromatic heterocycles. The molecule has 0 bridgehead atoms. The first-order chi connectivity index (χ1) is 6.77. The highest BCUT2D eigenvalue weighted by atomic mass is 16.5. The Labute approximate surface area is 82.1 Å². The lowest BCUT2D eigenvalue weighted by atomic mass is 10.2. The fraction of sp³-hybridized carbons (Fsp3) is 0.500. The van der Waals surface area contributed by atoms with Gasteiger partial charge < -0.3 is 14.4 Å². The van der Waals surface area contributed by atoms with Crippen molar-refractivity contribution in [3.63, 3.8) is 0 Å². The lowest BCUT2D eigenvalue weighted by Crippen LogP contribution is -2.17. The molecule has 0 spiro atoms. The average molecular weight is 195 g/mol. The van der Waals surface area contributed by atoms with Crippen LogP contribution in [-0.4, -0.2) is 28.4 Å². The van der Waals surface area contributed by atoms with Crippen LogP contribution in [-0.2, 0) is 11.3 Å². The fourth-order valence-corrected chi connectivity index (χ4v) is 1.78. The van der Waals surface area contributed by atoms with Gasteiger partial charge in [-0.05, 0) is 25.0 Å². The number of aromatic carboxylic acids is 1. The van der Waals surface area contributed by atoms with Gasteiger partial charge in [-0.25, -0.2) is 4.79 Å². The molecule has 0 radical (unpaired) electrons. The molecular formula is C10H13NO3. The van der Waals surface area contributed by atoms with E-state index in [2.05, 4.69) is 0 Å². The van der Waals surface area contributed by atoms with Crippen molar-refractivity contribution < 1.29 is 14.6 Å². The van der Waals surface area contributed by atoms with Gasteiger partial charge >= 0.3 is 5.97 Å². The van der Waals surface area contributed by atoms with E-state index in [1.54, 1.807) is 22.9 Å². The number of carboxylic acid groups (broad SMARTS) is 1. The zero-order chi connectivity index (χ0) is 9.97. The molecule has 1 N–H and O–H groups in total. The van der Waals surface area contributed by atoms with Gasteiger partial charge in [-0.3, -0.25) is 0 Å². The SMILES string of the molecule is O=C(O)c1cccn1C[C@H]1CCCO1. The lowest BCUT2D eigenvalue weighted by molar-refractivity contribution is 0.0671. The van der Waals surface area contributed by atoms with Crippen LogP contribution in [0.4, 0.5) is 0 Å². The molecule has 14 heavy (non-hydrogen) atoms. The predicted octanol–water partition coefficient (Wildman–Crippen LogP) is 1.37. The Morgan fingerprint density at radius 1 is 1.71 bits per heavy atom.